The number of ether oxygens (including phenoxy) is 9. The Bertz CT molecular complexity index is 1310. The van der Waals surface area contributed by atoms with Crippen LogP contribution in [0, 0.1) is 10.8 Å². The van der Waals surface area contributed by atoms with Crippen molar-refractivity contribution in [2.45, 2.75) is 219 Å². The number of nitrogens with zero attached hydrogens (tertiary/aromatic N) is 1. The van der Waals surface area contributed by atoms with Gasteiger partial charge in [-0.25, -0.2) is 4.57 Å². The highest BCUT2D eigenvalue weighted by Crippen LogP contribution is 2.40. The van der Waals surface area contributed by atoms with Crippen LogP contribution < -0.4 is 4.57 Å². The van der Waals surface area contributed by atoms with Gasteiger partial charge in [-0.15, -0.1) is 0 Å². The van der Waals surface area contributed by atoms with Crippen molar-refractivity contribution in [1.29, 1.82) is 0 Å². The molecule has 12 heteroatoms. The average Bonchev–Trinajstić information content (AvgIpc) is 3.10. The van der Waals surface area contributed by atoms with Gasteiger partial charge in [-0.05, 0) is 43.4 Å². The highest BCUT2D eigenvalue weighted by atomic mass is 16.7. The van der Waals surface area contributed by atoms with Gasteiger partial charge in [-0.1, -0.05) is 48.5 Å². The van der Waals surface area contributed by atoms with Gasteiger partial charge in [0.2, 0.25) is 0 Å². The molecule has 12 atom stereocenters. The van der Waals surface area contributed by atoms with E-state index in [1.807, 2.05) is 36.1 Å². The van der Waals surface area contributed by atoms with Crippen molar-refractivity contribution in [3.05, 3.63) is 30.1 Å². The first-order chi connectivity index (χ1) is 26.4. The number of aromatic nitrogens is 1. The van der Waals surface area contributed by atoms with Gasteiger partial charge in [-0.3, -0.25) is 4.79 Å². The molecule has 12 nitrogen and oxygen atoms in total. The van der Waals surface area contributed by atoms with Crippen molar-refractivity contribution in [1.82, 2.24) is 0 Å². The second-order valence-corrected chi connectivity index (χ2v) is 19.0. The molecule has 1 N–H and O–H groups in total. The molecule has 0 amide bonds. The molecule has 0 bridgehead atoms. The molecule has 5 heterocycles. The Hall–Kier alpha value is -1.74. The largest absolute Gasteiger partial charge is 0.462 e. The molecule has 320 valence electrons. The van der Waals surface area contributed by atoms with E-state index < -0.39 is 18.5 Å². The molecule has 0 spiro atoms. The van der Waals surface area contributed by atoms with Gasteiger partial charge in [0.1, 0.15) is 19.9 Å². The smallest absolute Gasteiger partial charge is 0.302 e. The molecule has 0 aliphatic carbocycles. The van der Waals surface area contributed by atoms with E-state index >= 15 is 0 Å². The Morgan fingerprint density at radius 1 is 0.786 bits per heavy atom. The van der Waals surface area contributed by atoms with Gasteiger partial charge >= 0.3 is 5.97 Å². The molecule has 4 fully saturated rings. The monoisotopic (exact) mass is 793 g/mol. The van der Waals surface area contributed by atoms with Crippen LogP contribution in [0.25, 0.3) is 0 Å². The number of esters is 1. The number of aryl methyl sites for hydroxylation is 1. The lowest BCUT2D eigenvalue weighted by Gasteiger charge is -2.45. The van der Waals surface area contributed by atoms with Gasteiger partial charge in [0.15, 0.2) is 31.3 Å². The summed E-state index contributed by atoms with van der Waals surface area (Å²) in [5.74, 6) is -0.362. The van der Waals surface area contributed by atoms with Crippen LogP contribution in [0.1, 0.15) is 151 Å². The first-order valence-electron chi connectivity index (χ1n) is 21.4. The molecule has 4 aliphatic heterocycles. The number of aliphatic hydroxyl groups is 1. The minimum atomic E-state index is -0.587. The molecule has 0 saturated carbocycles. The number of carbonyl (C=O) groups is 1. The van der Waals surface area contributed by atoms with E-state index in [-0.39, 0.29) is 85.0 Å². The normalized spacial score (nSPS) is 34.4. The predicted octanol–water partition coefficient (Wildman–Crippen LogP) is 7.36. The molecular weight excluding hydrogens is 718 g/mol. The Morgan fingerprint density at radius 2 is 1.30 bits per heavy atom. The fourth-order valence-electron chi connectivity index (χ4n) is 8.42. The molecule has 0 aromatic carbocycles. The van der Waals surface area contributed by atoms with Crippen molar-refractivity contribution < 1.29 is 57.1 Å². The van der Waals surface area contributed by atoms with Crippen LogP contribution in [0.5, 0.6) is 0 Å². The minimum Gasteiger partial charge on any atom is -0.462 e. The van der Waals surface area contributed by atoms with Crippen LogP contribution in [0.4, 0.5) is 0 Å². The van der Waals surface area contributed by atoms with E-state index in [1.165, 1.54) is 6.92 Å². The number of rotatable bonds is 15. The van der Waals surface area contributed by atoms with Gasteiger partial charge in [0.05, 0.1) is 54.9 Å². The lowest BCUT2D eigenvalue weighted by Crippen LogP contribution is -2.48. The summed E-state index contributed by atoms with van der Waals surface area (Å²) < 4.78 is 59.1. The Labute approximate surface area is 336 Å². The summed E-state index contributed by atoms with van der Waals surface area (Å²) in [5, 5.41) is 9.99. The predicted molar refractivity (Wildman–Crippen MR) is 209 cm³/mol. The van der Waals surface area contributed by atoms with Crippen molar-refractivity contribution in [3.8, 4) is 0 Å². The summed E-state index contributed by atoms with van der Waals surface area (Å²) in [7, 11) is 1.99. The number of carbonyl (C=O) groups excluding carboxylic acids is 1. The summed E-state index contributed by atoms with van der Waals surface area (Å²) in [5.41, 5.74) is 1.06. The molecule has 1 aromatic heterocycles. The topological polar surface area (TPSA) is 124 Å². The van der Waals surface area contributed by atoms with Crippen LogP contribution in [-0.4, -0.2) is 91.5 Å². The fraction of sp³-hybridized carbons (Fsp3) is 0.864. The third-order valence-corrected chi connectivity index (χ3v) is 11.6. The highest BCUT2D eigenvalue weighted by molar-refractivity contribution is 5.66. The molecule has 56 heavy (non-hydrogen) atoms. The van der Waals surface area contributed by atoms with E-state index in [1.54, 1.807) is 6.92 Å². The fourth-order valence-corrected chi connectivity index (χ4v) is 8.42. The van der Waals surface area contributed by atoms with Crippen LogP contribution in [-0.2, 0) is 54.5 Å². The molecule has 0 radical (unpaired) electrons. The molecular formula is C44H74NO11+. The van der Waals surface area contributed by atoms with Crippen molar-refractivity contribution in [2.75, 3.05) is 6.79 Å². The summed E-state index contributed by atoms with van der Waals surface area (Å²) in [4.78, 5) is 11.8. The first-order valence-corrected chi connectivity index (χ1v) is 21.4. The van der Waals surface area contributed by atoms with Crippen LogP contribution >= 0.6 is 0 Å². The zero-order valence-electron chi connectivity index (χ0n) is 36.0. The van der Waals surface area contributed by atoms with Crippen LogP contribution in [0.15, 0.2) is 24.5 Å². The maximum absolute atomic E-state index is 11.8. The second-order valence-electron chi connectivity index (χ2n) is 19.0. The standard InChI is InChI=1S/C44H74NO11/c1-11-31-20-35(52-40(51-31)13-12-14-41-55-38(43(4,5)6)26-39(56-41)44(7,8)9)24-37-25-36(53-42(54-37)30-15-17-45(10)18-16-30)23-33-21-32(48-27-49-33)22-34(19-28(2)46)50-29(3)47/h15-18,28,31-42,46H,11-14,19-27H2,1-10H3/q+1. The molecule has 1 aromatic rings. The van der Waals surface area contributed by atoms with Gasteiger partial charge in [0.25, 0.3) is 0 Å². The molecule has 12 unspecified atom stereocenters. The average molecular weight is 793 g/mol. The van der Waals surface area contributed by atoms with E-state index in [4.69, 9.17) is 42.6 Å². The summed E-state index contributed by atoms with van der Waals surface area (Å²) in [6.45, 7) is 18.9. The van der Waals surface area contributed by atoms with Crippen molar-refractivity contribution >= 4 is 5.97 Å². The van der Waals surface area contributed by atoms with Crippen LogP contribution in [0.3, 0.4) is 0 Å². The summed E-state index contributed by atoms with van der Waals surface area (Å²) >= 11 is 0. The lowest BCUT2D eigenvalue weighted by atomic mass is 9.78. The van der Waals surface area contributed by atoms with Gasteiger partial charge in [0, 0.05) is 76.0 Å². The van der Waals surface area contributed by atoms with E-state index in [9.17, 15) is 9.90 Å². The Morgan fingerprint density at radius 3 is 1.88 bits per heavy atom. The second kappa shape index (κ2) is 20.5. The van der Waals surface area contributed by atoms with Crippen molar-refractivity contribution in [2.24, 2.45) is 17.9 Å². The maximum Gasteiger partial charge on any atom is 0.302 e. The number of hydrogen-bond donors (Lipinski definition) is 1. The maximum atomic E-state index is 11.8. The molecule has 4 aliphatic rings. The van der Waals surface area contributed by atoms with Gasteiger partial charge in [-0.2, -0.15) is 0 Å². The quantitative estimate of drug-likeness (QED) is 0.142. The lowest BCUT2D eigenvalue weighted by molar-refractivity contribution is -0.671. The zero-order valence-corrected chi connectivity index (χ0v) is 36.0. The number of aliphatic hydroxyl groups excluding tert-OH is 1. The van der Waals surface area contributed by atoms with E-state index in [2.05, 4.69) is 48.5 Å². The summed E-state index contributed by atoms with van der Waals surface area (Å²) in [6.07, 6.45) is 10.6. The Balaban J connectivity index is 1.19. The summed E-state index contributed by atoms with van der Waals surface area (Å²) in [6, 6.07) is 4.09. The number of hydrogen-bond acceptors (Lipinski definition) is 11. The van der Waals surface area contributed by atoms with E-state index in [0.29, 0.717) is 32.1 Å². The highest BCUT2D eigenvalue weighted by Gasteiger charge is 2.42. The third kappa shape index (κ3) is 14.2. The molecule has 5 rings (SSSR count). The Kier molecular flexibility index (Phi) is 16.6. The SMILES string of the molecule is CCC1CC(CC2CC(CC3CC(CC(CC(C)O)OC(C)=O)OCO3)OC(c3cc[n+](C)cc3)O2)OC(CCCC2OC(C(C)(C)C)CC(C(C)(C)C)O2)O1. The van der Waals surface area contributed by atoms with Crippen LogP contribution in [0.2, 0.25) is 0 Å². The third-order valence-electron chi connectivity index (χ3n) is 11.6. The number of pyridine rings is 1. The first kappa shape index (κ1) is 45.3. The minimum absolute atomic E-state index is 0.00904. The van der Waals surface area contributed by atoms with Gasteiger partial charge < -0.3 is 47.7 Å². The van der Waals surface area contributed by atoms with Crippen molar-refractivity contribution in [3.63, 3.8) is 0 Å². The zero-order chi connectivity index (χ0) is 40.6. The molecule has 4 saturated heterocycles. The van der Waals surface area contributed by atoms with E-state index in [0.717, 1.165) is 50.5 Å².